The average molecular weight is 845 g/mol. The standard InChI is InChI=1S/C60H48N2O3/c1-59(2,3)47-29-15-25-42-44-27-17-31-49(57(44)64-55(42)47)61(37-19-9-7-10-20-37)39-33-34-52-46(35-39)54-41-24-14-13-23-40(41)51(36-53(54)63-52)62(38-21-11-8-12-22-38)50-32-18-28-45-43-26-16-30-48(60(4,5)6)56(43)65-58(45)50/h7-36H,1-6H3. The fourth-order valence-electron chi connectivity index (χ4n) is 10.1. The molecule has 0 atom stereocenters. The average Bonchev–Trinajstić information content (AvgIpc) is 4.01. The van der Waals surface area contributed by atoms with Gasteiger partial charge in [0, 0.05) is 72.0 Å². The molecule has 0 aliphatic carbocycles. The summed E-state index contributed by atoms with van der Waals surface area (Å²) in [6, 6.07) is 64.6. The fourth-order valence-corrected chi connectivity index (χ4v) is 10.1. The molecule has 316 valence electrons. The first-order chi connectivity index (χ1) is 31.5. The third-order valence-corrected chi connectivity index (χ3v) is 13.1. The summed E-state index contributed by atoms with van der Waals surface area (Å²) >= 11 is 0. The Bertz CT molecular complexity index is 3800. The van der Waals surface area contributed by atoms with Gasteiger partial charge in [0.1, 0.15) is 22.3 Å². The largest absolute Gasteiger partial charge is 0.456 e. The zero-order valence-electron chi connectivity index (χ0n) is 37.4. The molecule has 3 aromatic heterocycles. The lowest BCUT2D eigenvalue weighted by Gasteiger charge is -2.27. The number of furan rings is 3. The van der Waals surface area contributed by atoms with Crippen LogP contribution in [0.15, 0.2) is 195 Å². The second-order valence-corrected chi connectivity index (χ2v) is 19.3. The number of anilines is 6. The molecule has 0 unspecified atom stereocenters. The molecule has 12 rings (SSSR count). The van der Waals surface area contributed by atoms with Crippen LogP contribution in [0, 0.1) is 0 Å². The van der Waals surface area contributed by atoms with Crippen molar-refractivity contribution in [2.45, 2.75) is 52.4 Å². The Labute approximate surface area is 377 Å². The second kappa shape index (κ2) is 14.4. The first-order valence-corrected chi connectivity index (χ1v) is 22.5. The molecule has 0 amide bonds. The van der Waals surface area contributed by atoms with Gasteiger partial charge in [0.2, 0.25) is 0 Å². The van der Waals surface area contributed by atoms with Crippen molar-refractivity contribution in [2.24, 2.45) is 0 Å². The Hall–Kier alpha value is -7.76. The molecule has 5 heteroatoms. The summed E-state index contributed by atoms with van der Waals surface area (Å²) in [4.78, 5) is 4.64. The molecule has 0 bridgehead atoms. The minimum atomic E-state index is -0.0932. The molecule has 3 heterocycles. The van der Waals surface area contributed by atoms with Gasteiger partial charge in [-0.15, -0.1) is 0 Å². The van der Waals surface area contributed by atoms with Crippen LogP contribution >= 0.6 is 0 Å². The minimum Gasteiger partial charge on any atom is -0.456 e. The first-order valence-electron chi connectivity index (χ1n) is 22.5. The SMILES string of the molecule is CC(C)(C)c1cccc2c1oc1c(N(c3ccccc3)c3ccc4oc5cc(N(c6ccccc6)c6cccc7c6oc6c(C(C)(C)C)cccc67)c6ccccc6c5c4c3)cccc12. The first kappa shape index (κ1) is 38.9. The maximum atomic E-state index is 7.01. The van der Waals surface area contributed by atoms with Crippen molar-refractivity contribution >= 4 is 111 Å². The van der Waals surface area contributed by atoms with E-state index in [9.17, 15) is 0 Å². The van der Waals surface area contributed by atoms with Crippen LogP contribution in [0.2, 0.25) is 0 Å². The molecule has 65 heavy (non-hydrogen) atoms. The van der Waals surface area contributed by atoms with Gasteiger partial charge in [0.15, 0.2) is 11.2 Å². The van der Waals surface area contributed by atoms with Crippen LogP contribution < -0.4 is 9.80 Å². The van der Waals surface area contributed by atoms with E-state index < -0.39 is 0 Å². The number of hydrogen-bond donors (Lipinski definition) is 0. The number of rotatable bonds is 6. The highest BCUT2D eigenvalue weighted by Gasteiger charge is 2.28. The Morgan fingerprint density at radius 1 is 0.308 bits per heavy atom. The van der Waals surface area contributed by atoms with Gasteiger partial charge in [-0.1, -0.05) is 163 Å². The predicted molar refractivity (Wildman–Crippen MR) is 273 cm³/mol. The molecule has 0 spiro atoms. The van der Waals surface area contributed by atoms with Gasteiger partial charge in [0.25, 0.3) is 0 Å². The van der Waals surface area contributed by atoms with Crippen LogP contribution in [0.4, 0.5) is 34.1 Å². The van der Waals surface area contributed by atoms with Crippen LogP contribution in [-0.2, 0) is 10.8 Å². The van der Waals surface area contributed by atoms with Crippen LogP contribution in [-0.4, -0.2) is 0 Å². The van der Waals surface area contributed by atoms with Crippen molar-refractivity contribution in [3.8, 4) is 0 Å². The lowest BCUT2D eigenvalue weighted by molar-refractivity contribution is 0.572. The van der Waals surface area contributed by atoms with E-state index in [1.807, 2.05) is 0 Å². The molecule has 0 N–H and O–H groups in total. The summed E-state index contributed by atoms with van der Waals surface area (Å²) < 4.78 is 20.9. The van der Waals surface area contributed by atoms with E-state index in [-0.39, 0.29) is 10.8 Å². The van der Waals surface area contributed by atoms with E-state index in [2.05, 4.69) is 233 Å². The highest BCUT2D eigenvalue weighted by molar-refractivity contribution is 6.24. The van der Waals surface area contributed by atoms with E-state index >= 15 is 0 Å². The molecule has 9 aromatic carbocycles. The lowest BCUT2D eigenvalue weighted by atomic mass is 9.86. The monoisotopic (exact) mass is 844 g/mol. The number of benzene rings is 9. The topological polar surface area (TPSA) is 45.9 Å². The number of hydrogen-bond acceptors (Lipinski definition) is 5. The van der Waals surface area contributed by atoms with E-state index in [0.29, 0.717) is 0 Å². The summed E-state index contributed by atoms with van der Waals surface area (Å²) in [6.07, 6.45) is 0. The normalized spacial score (nSPS) is 12.5. The number of para-hydroxylation sites is 6. The Morgan fingerprint density at radius 3 is 1.32 bits per heavy atom. The van der Waals surface area contributed by atoms with Gasteiger partial charge < -0.3 is 23.1 Å². The Kier molecular flexibility index (Phi) is 8.60. The van der Waals surface area contributed by atoms with Crippen molar-refractivity contribution in [1.29, 1.82) is 0 Å². The van der Waals surface area contributed by atoms with Crippen molar-refractivity contribution in [3.63, 3.8) is 0 Å². The van der Waals surface area contributed by atoms with Gasteiger partial charge in [0.05, 0.1) is 17.1 Å². The van der Waals surface area contributed by atoms with E-state index in [1.54, 1.807) is 0 Å². The molecule has 0 fully saturated rings. The van der Waals surface area contributed by atoms with Crippen LogP contribution in [0.3, 0.4) is 0 Å². The molecule has 0 aliphatic heterocycles. The predicted octanol–water partition coefficient (Wildman–Crippen LogP) is 18.1. The third-order valence-electron chi connectivity index (χ3n) is 13.1. The molecule has 0 radical (unpaired) electrons. The minimum absolute atomic E-state index is 0.0856. The van der Waals surface area contributed by atoms with Crippen LogP contribution in [0.25, 0.3) is 76.6 Å². The molecular formula is C60H48N2O3. The van der Waals surface area contributed by atoms with E-state index in [0.717, 1.165) is 111 Å². The summed E-state index contributed by atoms with van der Waals surface area (Å²) in [5.41, 5.74) is 13.4. The maximum Gasteiger partial charge on any atom is 0.159 e. The summed E-state index contributed by atoms with van der Waals surface area (Å²) in [5, 5.41) is 8.72. The summed E-state index contributed by atoms with van der Waals surface area (Å²) in [7, 11) is 0. The molecule has 0 saturated carbocycles. The van der Waals surface area contributed by atoms with E-state index in [1.165, 1.54) is 11.1 Å². The third kappa shape index (κ3) is 6.13. The van der Waals surface area contributed by atoms with Crippen LogP contribution in [0.5, 0.6) is 0 Å². The van der Waals surface area contributed by atoms with E-state index in [4.69, 9.17) is 13.3 Å². The number of nitrogens with zero attached hydrogens (tertiary/aromatic N) is 2. The molecule has 5 nitrogen and oxygen atoms in total. The van der Waals surface area contributed by atoms with Crippen molar-refractivity contribution in [1.82, 2.24) is 0 Å². The highest BCUT2D eigenvalue weighted by atomic mass is 16.3. The molecule has 0 saturated heterocycles. The fraction of sp³-hybridized carbons (Fsp3) is 0.133. The molecule has 12 aromatic rings. The Balaban J connectivity index is 1.09. The van der Waals surface area contributed by atoms with Crippen molar-refractivity contribution in [3.05, 3.63) is 193 Å². The smallest absolute Gasteiger partial charge is 0.159 e. The van der Waals surface area contributed by atoms with Crippen molar-refractivity contribution in [2.75, 3.05) is 9.80 Å². The number of fused-ring (bicyclic) bond motifs is 11. The highest BCUT2D eigenvalue weighted by Crippen LogP contribution is 2.50. The zero-order chi connectivity index (χ0) is 44.2. The Morgan fingerprint density at radius 2 is 0.769 bits per heavy atom. The van der Waals surface area contributed by atoms with Crippen molar-refractivity contribution < 1.29 is 13.3 Å². The summed E-state index contributed by atoms with van der Waals surface area (Å²) in [6.45, 7) is 13.5. The van der Waals surface area contributed by atoms with Gasteiger partial charge in [-0.05, 0) is 70.8 Å². The lowest BCUT2D eigenvalue weighted by Crippen LogP contribution is -2.11. The van der Waals surface area contributed by atoms with Gasteiger partial charge >= 0.3 is 0 Å². The van der Waals surface area contributed by atoms with Gasteiger partial charge in [-0.3, -0.25) is 0 Å². The maximum absolute atomic E-state index is 7.01. The molecule has 0 aliphatic rings. The van der Waals surface area contributed by atoms with Gasteiger partial charge in [-0.2, -0.15) is 0 Å². The zero-order valence-corrected chi connectivity index (χ0v) is 37.4. The quantitative estimate of drug-likeness (QED) is 0.167. The van der Waals surface area contributed by atoms with Crippen LogP contribution in [0.1, 0.15) is 52.7 Å². The summed E-state index contributed by atoms with van der Waals surface area (Å²) in [5.74, 6) is 0. The second-order valence-electron chi connectivity index (χ2n) is 19.3. The van der Waals surface area contributed by atoms with Gasteiger partial charge in [-0.25, -0.2) is 0 Å². The molecular weight excluding hydrogens is 797 g/mol.